The van der Waals surface area contributed by atoms with Crippen LogP contribution >= 0.6 is 15.9 Å². The third kappa shape index (κ3) is 6.16. The molecule has 0 aliphatic heterocycles. The molecule has 0 radical (unpaired) electrons. The van der Waals surface area contributed by atoms with Crippen molar-refractivity contribution in [1.82, 2.24) is 5.32 Å². The van der Waals surface area contributed by atoms with Crippen LogP contribution in [0, 0.1) is 6.92 Å². The van der Waals surface area contributed by atoms with Crippen LogP contribution in [0.1, 0.15) is 16.7 Å². The second kappa shape index (κ2) is 9.23. The highest BCUT2D eigenvalue weighted by Crippen LogP contribution is 2.11. The number of amides is 1. The summed E-state index contributed by atoms with van der Waals surface area (Å²) < 4.78 is 5.95. The molecule has 5 heteroatoms. The number of carbonyl (C=O) groups is 2. The van der Waals surface area contributed by atoms with Crippen LogP contribution in [0.15, 0.2) is 53.0 Å². The van der Waals surface area contributed by atoms with Crippen LogP contribution in [0.3, 0.4) is 0 Å². The number of nitrogens with one attached hydrogen (secondary N) is 1. The Bertz CT molecular complexity index is 698. The zero-order chi connectivity index (χ0) is 17.4. The topological polar surface area (TPSA) is 55.4 Å². The molecule has 0 aliphatic carbocycles. The van der Waals surface area contributed by atoms with Gasteiger partial charge in [0.05, 0.1) is 6.42 Å². The van der Waals surface area contributed by atoms with E-state index in [1.165, 1.54) is 11.1 Å². The summed E-state index contributed by atoms with van der Waals surface area (Å²) in [5, 5.41) is 2.76. The minimum atomic E-state index is -0.411. The Balaban J connectivity index is 1.66. The van der Waals surface area contributed by atoms with E-state index in [1.807, 2.05) is 55.5 Å². The molecule has 0 aromatic heterocycles. The summed E-state index contributed by atoms with van der Waals surface area (Å²) in [6, 6.07) is 15.5. The smallest absolute Gasteiger partial charge is 0.310 e. The Kier molecular flexibility index (Phi) is 7.00. The first-order valence-corrected chi connectivity index (χ1v) is 8.55. The summed E-state index contributed by atoms with van der Waals surface area (Å²) in [5.41, 5.74) is 3.25. The molecule has 2 aromatic carbocycles. The van der Waals surface area contributed by atoms with Crippen molar-refractivity contribution in [3.05, 3.63) is 69.7 Å². The maximum atomic E-state index is 11.7. The van der Waals surface area contributed by atoms with Crippen molar-refractivity contribution in [3.8, 4) is 0 Å². The van der Waals surface area contributed by atoms with Crippen LogP contribution in [-0.2, 0) is 27.2 Å². The van der Waals surface area contributed by atoms with Crippen molar-refractivity contribution in [2.45, 2.75) is 19.8 Å². The first-order chi connectivity index (χ1) is 11.5. The van der Waals surface area contributed by atoms with Crippen LogP contribution < -0.4 is 5.32 Å². The van der Waals surface area contributed by atoms with Crippen LogP contribution in [-0.4, -0.2) is 25.0 Å². The number of hydrogen-bond acceptors (Lipinski definition) is 3. The zero-order valence-electron chi connectivity index (χ0n) is 13.5. The van der Waals surface area contributed by atoms with E-state index in [1.54, 1.807) is 0 Å². The quantitative estimate of drug-likeness (QED) is 0.739. The summed E-state index contributed by atoms with van der Waals surface area (Å²) in [5.74, 6) is -0.695. The second-order valence-electron chi connectivity index (χ2n) is 5.49. The molecule has 0 aliphatic rings. The summed E-state index contributed by atoms with van der Waals surface area (Å²) >= 11 is 3.34. The lowest BCUT2D eigenvalue weighted by Crippen LogP contribution is -2.30. The van der Waals surface area contributed by atoms with Gasteiger partial charge in [-0.15, -0.1) is 0 Å². The normalized spacial score (nSPS) is 10.2. The van der Waals surface area contributed by atoms with Crippen molar-refractivity contribution in [2.24, 2.45) is 0 Å². The predicted molar refractivity (Wildman–Crippen MR) is 96.7 cm³/mol. The van der Waals surface area contributed by atoms with Crippen molar-refractivity contribution in [3.63, 3.8) is 0 Å². The second-order valence-corrected chi connectivity index (χ2v) is 6.41. The Morgan fingerprint density at radius 2 is 1.79 bits per heavy atom. The van der Waals surface area contributed by atoms with Gasteiger partial charge in [0, 0.05) is 11.0 Å². The van der Waals surface area contributed by atoms with Crippen LogP contribution in [0.25, 0.3) is 0 Å². The van der Waals surface area contributed by atoms with Crippen molar-refractivity contribution in [1.29, 1.82) is 0 Å². The Labute approximate surface area is 150 Å². The lowest BCUT2D eigenvalue weighted by molar-refractivity contribution is -0.147. The number of esters is 1. The van der Waals surface area contributed by atoms with Gasteiger partial charge in [-0.25, -0.2) is 0 Å². The molecule has 0 fully saturated rings. The molecular formula is C19H20BrNO3. The number of rotatable bonds is 7. The maximum absolute atomic E-state index is 11.7. The lowest BCUT2D eigenvalue weighted by Gasteiger charge is -2.08. The zero-order valence-corrected chi connectivity index (χ0v) is 15.1. The number of carbonyl (C=O) groups excluding carboxylic acids is 2. The molecule has 0 spiro atoms. The van der Waals surface area contributed by atoms with E-state index < -0.39 is 5.97 Å². The number of hydrogen-bond donors (Lipinski definition) is 1. The summed E-state index contributed by atoms with van der Waals surface area (Å²) in [7, 11) is 0. The monoisotopic (exact) mass is 389 g/mol. The van der Waals surface area contributed by atoms with Gasteiger partial charge in [0.2, 0.25) is 0 Å². The summed E-state index contributed by atoms with van der Waals surface area (Å²) in [4.78, 5) is 23.5. The number of aryl methyl sites for hydroxylation is 1. The number of ether oxygens (including phenoxy) is 1. The molecule has 2 rings (SSSR count). The van der Waals surface area contributed by atoms with E-state index in [9.17, 15) is 9.59 Å². The molecule has 24 heavy (non-hydrogen) atoms. The van der Waals surface area contributed by atoms with Gasteiger partial charge < -0.3 is 10.1 Å². The molecule has 0 saturated carbocycles. The first kappa shape index (κ1) is 18.2. The Morgan fingerprint density at radius 3 is 2.50 bits per heavy atom. The van der Waals surface area contributed by atoms with Gasteiger partial charge in [0.25, 0.3) is 5.91 Å². The van der Waals surface area contributed by atoms with Crippen molar-refractivity contribution < 1.29 is 14.3 Å². The minimum absolute atomic E-state index is 0.157. The average molecular weight is 390 g/mol. The van der Waals surface area contributed by atoms with Gasteiger partial charge in [-0.3, -0.25) is 9.59 Å². The fourth-order valence-electron chi connectivity index (χ4n) is 2.24. The highest BCUT2D eigenvalue weighted by molar-refractivity contribution is 9.10. The van der Waals surface area contributed by atoms with Gasteiger partial charge >= 0.3 is 5.97 Å². The summed E-state index contributed by atoms with van der Waals surface area (Å²) in [6.45, 7) is 2.32. The molecule has 4 nitrogen and oxygen atoms in total. The first-order valence-electron chi connectivity index (χ1n) is 7.76. The van der Waals surface area contributed by atoms with E-state index in [0.29, 0.717) is 6.54 Å². The van der Waals surface area contributed by atoms with E-state index in [4.69, 9.17) is 4.74 Å². The van der Waals surface area contributed by atoms with E-state index in [0.717, 1.165) is 16.5 Å². The molecule has 1 amide bonds. The molecule has 0 atom stereocenters. The molecular weight excluding hydrogens is 370 g/mol. The molecule has 1 N–H and O–H groups in total. The molecule has 0 bridgehead atoms. The lowest BCUT2D eigenvalue weighted by atomic mass is 10.1. The van der Waals surface area contributed by atoms with Crippen LogP contribution in [0.4, 0.5) is 0 Å². The van der Waals surface area contributed by atoms with Gasteiger partial charge in [-0.2, -0.15) is 0 Å². The highest BCUT2D eigenvalue weighted by atomic mass is 79.9. The maximum Gasteiger partial charge on any atom is 0.310 e. The van der Waals surface area contributed by atoms with E-state index >= 15 is 0 Å². The van der Waals surface area contributed by atoms with E-state index in [-0.39, 0.29) is 18.9 Å². The number of benzene rings is 2. The molecule has 0 saturated heterocycles. The van der Waals surface area contributed by atoms with Gasteiger partial charge in [0.1, 0.15) is 0 Å². The van der Waals surface area contributed by atoms with Crippen molar-refractivity contribution in [2.75, 3.05) is 13.2 Å². The molecule has 0 unspecified atom stereocenters. The molecule has 2 aromatic rings. The van der Waals surface area contributed by atoms with Crippen LogP contribution in [0.5, 0.6) is 0 Å². The van der Waals surface area contributed by atoms with Gasteiger partial charge in [-0.1, -0.05) is 52.3 Å². The van der Waals surface area contributed by atoms with Gasteiger partial charge in [0.15, 0.2) is 6.61 Å². The third-order valence-electron chi connectivity index (χ3n) is 3.60. The van der Waals surface area contributed by atoms with Crippen molar-refractivity contribution >= 4 is 27.8 Å². The predicted octanol–water partition coefficient (Wildman–Crippen LogP) is 3.20. The molecule has 0 heterocycles. The van der Waals surface area contributed by atoms with Gasteiger partial charge in [-0.05, 0) is 42.2 Å². The largest absolute Gasteiger partial charge is 0.455 e. The SMILES string of the molecule is Cc1ccccc1CCNC(=O)COC(=O)Cc1ccc(Br)cc1. The fourth-order valence-corrected chi connectivity index (χ4v) is 2.51. The minimum Gasteiger partial charge on any atom is -0.455 e. The summed E-state index contributed by atoms with van der Waals surface area (Å²) in [6.07, 6.45) is 0.912. The number of halogens is 1. The third-order valence-corrected chi connectivity index (χ3v) is 4.13. The Morgan fingerprint density at radius 1 is 1.08 bits per heavy atom. The fraction of sp³-hybridized carbons (Fsp3) is 0.263. The average Bonchev–Trinajstić information content (AvgIpc) is 2.57. The highest BCUT2D eigenvalue weighted by Gasteiger charge is 2.08. The molecule has 126 valence electrons. The standard InChI is InChI=1S/C19H20BrNO3/c1-14-4-2-3-5-16(14)10-11-21-18(22)13-24-19(23)12-15-6-8-17(20)9-7-15/h2-9H,10-13H2,1H3,(H,21,22). The van der Waals surface area contributed by atoms with Crippen LogP contribution in [0.2, 0.25) is 0 Å². The Hall–Kier alpha value is -2.14. The van der Waals surface area contributed by atoms with E-state index in [2.05, 4.69) is 21.2 Å².